The topological polar surface area (TPSA) is 96.2 Å². The first-order chi connectivity index (χ1) is 20.8. The summed E-state index contributed by atoms with van der Waals surface area (Å²) in [4.78, 5) is 28.4. The Morgan fingerprint density at radius 1 is 1.09 bits per heavy atom. The Bertz CT molecular complexity index is 1500. The fourth-order valence-corrected chi connectivity index (χ4v) is 9.61. The summed E-state index contributed by atoms with van der Waals surface area (Å²) in [7, 11) is 0. The molecule has 1 saturated carbocycles. The quantitative estimate of drug-likeness (QED) is 0.193. The van der Waals surface area contributed by atoms with Crippen LogP contribution in [0.25, 0.3) is 5.43 Å². The van der Waals surface area contributed by atoms with Crippen molar-refractivity contribution in [1.82, 2.24) is 10.4 Å². The minimum atomic E-state index is -1.92. The first kappa shape index (κ1) is 29.5. The minimum absolute atomic E-state index is 0.198. The van der Waals surface area contributed by atoms with E-state index < -0.39 is 11.6 Å². The molecule has 1 spiro atoms. The zero-order chi connectivity index (χ0) is 29.8. The van der Waals surface area contributed by atoms with Gasteiger partial charge in [0, 0.05) is 17.8 Å². The Kier molecular flexibility index (Phi) is 7.99. The van der Waals surface area contributed by atoms with Gasteiger partial charge in [-0.1, -0.05) is 29.3 Å². The summed E-state index contributed by atoms with van der Waals surface area (Å²) >= 11 is 14.6. The van der Waals surface area contributed by atoms with E-state index in [-0.39, 0.29) is 11.5 Å². The van der Waals surface area contributed by atoms with Gasteiger partial charge in [-0.2, -0.15) is 0 Å². The fraction of sp³-hybridized carbons (Fsp3) is 0.484. The largest absolute Gasteiger partial charge is 0.602 e. The van der Waals surface area contributed by atoms with Crippen molar-refractivity contribution in [3.63, 3.8) is 0 Å². The molecule has 228 valence electrons. The molecule has 2 fully saturated rings. The Morgan fingerprint density at radius 2 is 1.77 bits per heavy atom. The average molecular weight is 661 g/mol. The van der Waals surface area contributed by atoms with Gasteiger partial charge in [0.2, 0.25) is 5.60 Å². The SMILES string of the molecule is O=Cc1cc2c(c3c1CCC3)N(CCCN1CCC3(CC1)CC(OC(=O)C(O)(c1ccc(Cl)s1)c1ccc(Cl)s1)C3)N[N-]2. The first-order valence-electron chi connectivity index (χ1n) is 14.8. The summed E-state index contributed by atoms with van der Waals surface area (Å²) in [5.41, 5.74) is 11.2. The van der Waals surface area contributed by atoms with E-state index in [2.05, 4.69) is 20.9 Å². The summed E-state index contributed by atoms with van der Waals surface area (Å²) in [5, 5.41) is 13.8. The van der Waals surface area contributed by atoms with Gasteiger partial charge in [0.25, 0.3) is 0 Å². The lowest BCUT2D eigenvalue weighted by atomic mass is 9.61. The molecule has 2 aliphatic carbocycles. The Morgan fingerprint density at radius 3 is 2.40 bits per heavy atom. The zero-order valence-corrected chi connectivity index (χ0v) is 26.8. The molecule has 2 aromatic heterocycles. The molecule has 0 unspecified atom stereocenters. The molecule has 0 bridgehead atoms. The highest BCUT2D eigenvalue weighted by Crippen LogP contribution is 2.52. The molecule has 1 saturated heterocycles. The van der Waals surface area contributed by atoms with E-state index in [0.717, 1.165) is 101 Å². The van der Waals surface area contributed by atoms with Crippen LogP contribution in [0.1, 0.15) is 69.8 Å². The summed E-state index contributed by atoms with van der Waals surface area (Å²) in [6.45, 7) is 3.92. The molecule has 0 radical (unpaired) electrons. The summed E-state index contributed by atoms with van der Waals surface area (Å²) in [6.07, 6.45) is 8.62. The van der Waals surface area contributed by atoms with Gasteiger partial charge in [0.1, 0.15) is 12.4 Å². The maximum absolute atomic E-state index is 13.4. The summed E-state index contributed by atoms with van der Waals surface area (Å²) in [6, 6.07) is 8.61. The second kappa shape index (κ2) is 11.6. The number of thiophene rings is 2. The van der Waals surface area contributed by atoms with Crippen LogP contribution in [-0.2, 0) is 28.0 Å². The lowest BCUT2D eigenvalue weighted by molar-refractivity contribution is -0.181. The van der Waals surface area contributed by atoms with E-state index in [1.54, 1.807) is 24.3 Å². The molecular weight excluding hydrogens is 627 g/mol. The molecule has 12 heteroatoms. The number of piperidine rings is 1. The van der Waals surface area contributed by atoms with Crippen LogP contribution in [0.5, 0.6) is 0 Å². The summed E-state index contributed by atoms with van der Waals surface area (Å²) < 4.78 is 6.90. The smallest absolute Gasteiger partial charge is 0.349 e. The number of carbonyl (C=O) groups is 2. The third kappa shape index (κ3) is 5.39. The van der Waals surface area contributed by atoms with Gasteiger partial charge >= 0.3 is 5.97 Å². The average Bonchev–Trinajstić information content (AvgIpc) is 3.79. The number of anilines is 1. The van der Waals surface area contributed by atoms with Crippen molar-refractivity contribution in [2.45, 2.75) is 63.1 Å². The molecule has 0 atom stereocenters. The molecular formula is C31H33Cl2N4O4S2-. The maximum Gasteiger partial charge on any atom is 0.349 e. The van der Waals surface area contributed by atoms with Crippen molar-refractivity contribution in [2.24, 2.45) is 5.41 Å². The number of hydrogen-bond acceptors (Lipinski definition) is 9. The van der Waals surface area contributed by atoms with Crippen LogP contribution in [0, 0.1) is 5.41 Å². The second-order valence-corrected chi connectivity index (χ2v) is 15.6. The predicted octanol–water partition coefficient (Wildman–Crippen LogP) is 6.78. The van der Waals surface area contributed by atoms with Gasteiger partial charge in [0.15, 0.2) is 0 Å². The molecule has 4 heterocycles. The highest BCUT2D eigenvalue weighted by molar-refractivity contribution is 7.18. The number of rotatable bonds is 9. The normalized spacial score (nSPS) is 19.7. The van der Waals surface area contributed by atoms with Crippen LogP contribution in [-0.4, -0.2) is 54.5 Å². The van der Waals surface area contributed by atoms with Crippen LogP contribution < -0.4 is 10.5 Å². The molecule has 2 aliphatic heterocycles. The molecule has 3 aromatic rings. The number of ether oxygens (including phenoxy) is 1. The van der Waals surface area contributed by atoms with E-state index in [1.807, 2.05) is 6.07 Å². The van der Waals surface area contributed by atoms with Crippen LogP contribution in [0.4, 0.5) is 11.4 Å². The van der Waals surface area contributed by atoms with Gasteiger partial charge in [0.05, 0.1) is 18.4 Å². The Labute approximate surface area is 268 Å². The van der Waals surface area contributed by atoms with Gasteiger partial charge < -0.3 is 30.7 Å². The molecule has 4 aliphatic rings. The number of benzene rings is 1. The van der Waals surface area contributed by atoms with Crippen molar-refractivity contribution in [2.75, 3.05) is 31.2 Å². The van der Waals surface area contributed by atoms with Crippen molar-refractivity contribution >= 4 is 69.5 Å². The molecule has 0 amide bonds. The van der Waals surface area contributed by atoms with Crippen LogP contribution >= 0.6 is 45.9 Å². The van der Waals surface area contributed by atoms with Gasteiger partial charge in [-0.25, -0.2) is 4.79 Å². The standard InChI is InChI=1S/C31H33Cl2N4O4S2/c32-26-7-5-24(42-26)31(40,25-6-8-27(33)43-25)29(39)41-20-16-30(17-20)9-13-36(14-10-30)11-2-12-37-28-22-4-1-3-21(22)19(18-38)15-23(28)34-35-37/h5-8,15,18,20,35,40H,1-4,9-14,16-17H2/q-1. The molecule has 8 nitrogen and oxygen atoms in total. The van der Waals surface area contributed by atoms with Gasteiger partial charge in [-0.05, 0) is 112 Å². The number of likely N-dealkylation sites (tertiary alicyclic amines) is 1. The third-order valence-electron chi connectivity index (χ3n) is 9.60. The number of carbonyl (C=O) groups excluding carboxylic acids is 2. The van der Waals surface area contributed by atoms with E-state index in [1.165, 1.54) is 33.8 Å². The number of fused-ring (bicyclic) bond motifs is 3. The van der Waals surface area contributed by atoms with Gasteiger partial charge in [-0.15, -0.1) is 28.4 Å². The van der Waals surface area contributed by atoms with Crippen molar-refractivity contribution in [1.29, 1.82) is 0 Å². The highest BCUT2D eigenvalue weighted by Gasteiger charge is 2.51. The van der Waals surface area contributed by atoms with E-state index in [9.17, 15) is 14.7 Å². The summed E-state index contributed by atoms with van der Waals surface area (Å²) in [5.74, 6) is -0.668. The lowest BCUT2D eigenvalue weighted by Crippen LogP contribution is -2.52. The molecule has 1 aromatic carbocycles. The number of aldehydes is 1. The number of esters is 1. The first-order valence-corrected chi connectivity index (χ1v) is 17.2. The number of hydrogen-bond donors (Lipinski definition) is 2. The van der Waals surface area contributed by atoms with Crippen molar-refractivity contribution in [3.05, 3.63) is 70.9 Å². The number of nitrogens with one attached hydrogen (secondary N) is 1. The van der Waals surface area contributed by atoms with Gasteiger partial charge in [-0.3, -0.25) is 4.79 Å². The lowest BCUT2D eigenvalue weighted by Gasteiger charge is -2.51. The number of hydrazine groups is 1. The maximum atomic E-state index is 13.4. The number of nitrogens with zero attached hydrogens (tertiary/aromatic N) is 3. The molecule has 2 N–H and O–H groups in total. The minimum Gasteiger partial charge on any atom is -0.602 e. The molecule has 43 heavy (non-hydrogen) atoms. The van der Waals surface area contributed by atoms with Crippen molar-refractivity contribution in [3.8, 4) is 0 Å². The van der Waals surface area contributed by atoms with Crippen LogP contribution in [0.3, 0.4) is 0 Å². The van der Waals surface area contributed by atoms with E-state index in [4.69, 9.17) is 27.9 Å². The van der Waals surface area contributed by atoms with E-state index in [0.29, 0.717) is 18.4 Å². The second-order valence-electron chi connectivity index (χ2n) is 12.2. The monoisotopic (exact) mass is 659 g/mol. The Hall–Kier alpha value is -2.18. The Balaban J connectivity index is 0.900. The van der Waals surface area contributed by atoms with Crippen LogP contribution in [0.15, 0.2) is 30.3 Å². The van der Waals surface area contributed by atoms with Crippen molar-refractivity contribution < 1.29 is 19.4 Å². The number of halogens is 2. The van der Waals surface area contributed by atoms with Crippen LogP contribution in [0.2, 0.25) is 8.67 Å². The highest BCUT2D eigenvalue weighted by atomic mass is 35.5. The van der Waals surface area contributed by atoms with E-state index >= 15 is 0 Å². The third-order valence-corrected chi connectivity index (χ3v) is 12.3. The fourth-order valence-electron chi connectivity index (χ4n) is 7.28. The zero-order valence-electron chi connectivity index (χ0n) is 23.6. The predicted molar refractivity (Wildman–Crippen MR) is 171 cm³/mol. The molecule has 7 rings (SSSR count). The number of aliphatic hydroxyl groups is 1.